The Hall–Kier alpha value is -0.510. The monoisotopic (exact) mass is 423 g/mol. The minimum absolute atomic E-state index is 0. The molecule has 2 aromatic rings. The van der Waals surface area contributed by atoms with Gasteiger partial charge in [0.15, 0.2) is 0 Å². The molecule has 2 rings (SSSR count). The Labute approximate surface area is 157 Å². The lowest BCUT2D eigenvalue weighted by molar-refractivity contribution is -0.122. The number of aromatic nitrogens is 1. The van der Waals surface area contributed by atoms with E-state index in [1.807, 2.05) is 6.07 Å². The number of nitrogens with one attached hydrogen (secondary N) is 1. The summed E-state index contributed by atoms with van der Waals surface area (Å²) < 4.78 is 26.5. The third kappa shape index (κ3) is 6.86. The number of thiophene rings is 1. The first kappa shape index (κ1) is 22.5. The van der Waals surface area contributed by atoms with E-state index >= 15 is 0 Å². The molecule has 4 nitrogen and oxygen atoms in total. The molecule has 0 bridgehead atoms. The predicted molar refractivity (Wildman–Crippen MR) is 95.6 cm³/mol. The quantitative estimate of drug-likeness (QED) is 0.744. The van der Waals surface area contributed by atoms with Crippen molar-refractivity contribution in [2.24, 2.45) is 5.73 Å². The Kier molecular flexibility index (Phi) is 9.49. The third-order valence-corrected chi connectivity index (χ3v) is 4.81. The van der Waals surface area contributed by atoms with Gasteiger partial charge in [-0.05, 0) is 12.1 Å². The summed E-state index contributed by atoms with van der Waals surface area (Å²) in [6.45, 7) is -1.56. The average Bonchev–Trinajstić information content (AvgIpc) is 3.05. The van der Waals surface area contributed by atoms with Gasteiger partial charge in [-0.15, -0.1) is 47.5 Å². The van der Waals surface area contributed by atoms with Crippen LogP contribution in [0.2, 0.25) is 4.34 Å². The van der Waals surface area contributed by atoms with Crippen molar-refractivity contribution in [3.8, 4) is 9.88 Å². The van der Waals surface area contributed by atoms with Crippen LogP contribution < -0.4 is 11.1 Å². The Morgan fingerprint density at radius 3 is 2.65 bits per heavy atom. The van der Waals surface area contributed by atoms with Crippen molar-refractivity contribution in [1.29, 1.82) is 0 Å². The summed E-state index contributed by atoms with van der Waals surface area (Å²) in [7, 11) is 0. The highest BCUT2D eigenvalue weighted by Crippen LogP contribution is 2.32. The lowest BCUT2D eigenvalue weighted by atomic mass is 10.3. The molecular formula is C12H14Cl3F2N3OS2. The maximum Gasteiger partial charge on any atom is 0.277 e. The molecule has 2 aromatic heterocycles. The van der Waals surface area contributed by atoms with Crippen molar-refractivity contribution in [2.45, 2.75) is 12.3 Å². The zero-order valence-electron chi connectivity index (χ0n) is 11.6. The number of hydrogen-bond acceptors (Lipinski definition) is 5. The minimum Gasteiger partial charge on any atom is -0.350 e. The molecule has 11 heteroatoms. The van der Waals surface area contributed by atoms with E-state index in [0.717, 1.165) is 9.88 Å². The van der Waals surface area contributed by atoms with E-state index in [0.29, 0.717) is 10.0 Å². The van der Waals surface area contributed by atoms with Crippen molar-refractivity contribution in [2.75, 3.05) is 13.1 Å². The molecule has 0 unspecified atom stereocenters. The summed E-state index contributed by atoms with van der Waals surface area (Å²) in [5, 5.41) is 4.63. The van der Waals surface area contributed by atoms with Gasteiger partial charge in [0, 0.05) is 5.38 Å². The van der Waals surface area contributed by atoms with Gasteiger partial charge in [-0.25, -0.2) is 13.8 Å². The van der Waals surface area contributed by atoms with Crippen LogP contribution in [-0.2, 0) is 11.2 Å². The van der Waals surface area contributed by atoms with E-state index in [-0.39, 0.29) is 31.2 Å². The largest absolute Gasteiger partial charge is 0.350 e. The zero-order valence-corrected chi connectivity index (χ0v) is 15.6. The maximum atomic E-state index is 12.9. The van der Waals surface area contributed by atoms with Gasteiger partial charge in [-0.3, -0.25) is 4.79 Å². The summed E-state index contributed by atoms with van der Waals surface area (Å²) in [6.07, 6.45) is -0.0454. The van der Waals surface area contributed by atoms with E-state index in [1.165, 1.54) is 22.7 Å². The molecule has 0 fully saturated rings. The standard InChI is InChI=1S/C12H12ClF2N3OS2.2ClH/c13-9-2-1-8(21-9)11-18-7(4-20-11)3-10(19)17-6-12(14,15)5-16;;/h1-2,4H,3,5-6,16H2,(H,17,19);2*1H. The van der Waals surface area contributed by atoms with Gasteiger partial charge in [-0.1, -0.05) is 11.6 Å². The highest BCUT2D eigenvalue weighted by Gasteiger charge is 2.27. The first-order valence-corrected chi connectivity index (χ1v) is 8.02. The minimum atomic E-state index is -3.09. The lowest BCUT2D eigenvalue weighted by Crippen LogP contribution is -2.42. The molecule has 2 heterocycles. The van der Waals surface area contributed by atoms with Gasteiger partial charge in [0.2, 0.25) is 5.91 Å². The van der Waals surface area contributed by atoms with Crippen LogP contribution in [0, 0.1) is 0 Å². The molecule has 3 N–H and O–H groups in total. The van der Waals surface area contributed by atoms with E-state index < -0.39 is 24.9 Å². The van der Waals surface area contributed by atoms with Crippen LogP contribution >= 0.6 is 59.1 Å². The first-order valence-electron chi connectivity index (χ1n) is 5.94. The number of hydrogen-bond donors (Lipinski definition) is 2. The lowest BCUT2D eigenvalue weighted by Gasteiger charge is -2.14. The summed E-state index contributed by atoms with van der Waals surface area (Å²) in [5.41, 5.74) is 5.43. The molecule has 1 amide bonds. The maximum absolute atomic E-state index is 12.9. The van der Waals surface area contributed by atoms with Crippen LogP contribution in [0.3, 0.4) is 0 Å². The van der Waals surface area contributed by atoms with Crippen LogP contribution in [-0.4, -0.2) is 29.9 Å². The molecule has 0 aliphatic carbocycles. The Morgan fingerprint density at radius 2 is 2.09 bits per heavy atom. The SMILES string of the molecule is Cl.Cl.NCC(F)(F)CNC(=O)Cc1csc(-c2ccc(Cl)s2)n1. The molecule has 0 radical (unpaired) electrons. The predicted octanol–water partition coefficient (Wildman–Crippen LogP) is 3.62. The second kappa shape index (κ2) is 9.71. The van der Waals surface area contributed by atoms with Crippen LogP contribution in [0.15, 0.2) is 17.5 Å². The normalized spacial score (nSPS) is 10.6. The number of rotatable bonds is 6. The van der Waals surface area contributed by atoms with Gasteiger partial charge >= 0.3 is 0 Å². The number of nitrogens with two attached hydrogens (primary N) is 1. The number of thiazole rings is 1. The third-order valence-electron chi connectivity index (χ3n) is 2.52. The van der Waals surface area contributed by atoms with E-state index in [9.17, 15) is 13.6 Å². The fraction of sp³-hybridized carbons (Fsp3) is 0.333. The van der Waals surface area contributed by atoms with Gasteiger partial charge in [0.25, 0.3) is 5.92 Å². The van der Waals surface area contributed by atoms with Crippen molar-refractivity contribution in [3.63, 3.8) is 0 Å². The second-order valence-corrected chi connectivity index (χ2v) is 6.83. The number of halogens is 5. The molecule has 0 atom stereocenters. The van der Waals surface area contributed by atoms with Gasteiger partial charge in [-0.2, -0.15) is 0 Å². The summed E-state index contributed by atoms with van der Waals surface area (Å²) in [6, 6.07) is 3.61. The number of carbonyl (C=O) groups is 1. The van der Waals surface area contributed by atoms with Crippen molar-refractivity contribution in [1.82, 2.24) is 10.3 Å². The van der Waals surface area contributed by atoms with E-state index in [2.05, 4.69) is 10.3 Å². The molecule has 130 valence electrons. The van der Waals surface area contributed by atoms with Gasteiger partial charge in [0.1, 0.15) is 5.01 Å². The smallest absolute Gasteiger partial charge is 0.277 e. The Bertz CT molecular complexity index is 637. The topological polar surface area (TPSA) is 68.0 Å². The van der Waals surface area contributed by atoms with Crippen LogP contribution in [0.4, 0.5) is 8.78 Å². The molecule has 0 saturated heterocycles. The second-order valence-electron chi connectivity index (χ2n) is 4.26. The van der Waals surface area contributed by atoms with Crippen LogP contribution in [0.5, 0.6) is 0 Å². The fourth-order valence-electron chi connectivity index (χ4n) is 1.46. The summed E-state index contributed by atoms with van der Waals surface area (Å²) in [5.74, 6) is -3.60. The summed E-state index contributed by atoms with van der Waals surface area (Å²) in [4.78, 5) is 16.8. The molecular weight excluding hydrogens is 411 g/mol. The number of alkyl halides is 2. The number of carbonyl (C=O) groups excluding carboxylic acids is 1. The van der Waals surface area contributed by atoms with Crippen LogP contribution in [0.1, 0.15) is 5.69 Å². The highest BCUT2D eigenvalue weighted by atomic mass is 35.5. The van der Waals surface area contributed by atoms with Crippen molar-refractivity contribution >= 4 is 65.0 Å². The molecule has 0 spiro atoms. The zero-order chi connectivity index (χ0) is 15.5. The first-order chi connectivity index (χ1) is 9.89. The van der Waals surface area contributed by atoms with Gasteiger partial charge in [0.05, 0.1) is 34.4 Å². The highest BCUT2D eigenvalue weighted by molar-refractivity contribution is 7.23. The van der Waals surface area contributed by atoms with E-state index in [1.54, 1.807) is 11.4 Å². The Balaban J connectivity index is 0.00000242. The summed E-state index contributed by atoms with van der Waals surface area (Å²) >= 11 is 8.62. The van der Waals surface area contributed by atoms with E-state index in [4.69, 9.17) is 17.3 Å². The fourth-order valence-corrected chi connectivity index (χ4v) is 3.39. The number of amides is 1. The molecule has 0 saturated carbocycles. The average molecular weight is 425 g/mol. The molecule has 0 aromatic carbocycles. The van der Waals surface area contributed by atoms with Crippen LogP contribution in [0.25, 0.3) is 9.88 Å². The molecule has 23 heavy (non-hydrogen) atoms. The van der Waals surface area contributed by atoms with Gasteiger partial charge < -0.3 is 11.1 Å². The van der Waals surface area contributed by atoms with Crippen molar-refractivity contribution < 1.29 is 13.6 Å². The molecule has 0 aliphatic rings. The van der Waals surface area contributed by atoms with Crippen molar-refractivity contribution in [3.05, 3.63) is 27.5 Å². The molecule has 0 aliphatic heterocycles. The Morgan fingerprint density at radius 1 is 1.39 bits per heavy atom. The number of nitrogens with zero attached hydrogens (tertiary/aromatic N) is 1.